The van der Waals surface area contributed by atoms with Crippen molar-refractivity contribution >= 4 is 17.6 Å². The quantitative estimate of drug-likeness (QED) is 0.726. The van der Waals surface area contributed by atoms with Crippen LogP contribution in [0.3, 0.4) is 0 Å². The normalized spacial score (nSPS) is 14.9. The van der Waals surface area contributed by atoms with Crippen molar-refractivity contribution < 1.29 is 14.4 Å². The largest absolute Gasteiger partial charge is 0.353 e. The maximum absolute atomic E-state index is 12.3. The first kappa shape index (κ1) is 20.1. The van der Waals surface area contributed by atoms with Crippen LogP contribution in [-0.4, -0.2) is 41.6 Å². The number of aryl methyl sites for hydroxylation is 1. The fraction of sp³-hybridized carbons (Fsp3) is 0.571. The highest BCUT2D eigenvalue weighted by atomic mass is 16.2. The van der Waals surface area contributed by atoms with Crippen molar-refractivity contribution in [3.63, 3.8) is 0 Å². The molecule has 1 aliphatic rings. The topological polar surface area (TPSA) is 66.5 Å². The van der Waals surface area contributed by atoms with Crippen molar-refractivity contribution in [2.45, 2.75) is 64.8 Å². The molecule has 5 heteroatoms. The Bertz CT molecular complexity index is 617. The molecule has 1 fully saturated rings. The molecule has 1 aliphatic heterocycles. The number of amides is 2. The highest BCUT2D eigenvalue weighted by molar-refractivity contribution is 5.98. The van der Waals surface area contributed by atoms with Crippen LogP contribution in [0.1, 0.15) is 67.8 Å². The minimum Gasteiger partial charge on any atom is -0.353 e. The monoisotopic (exact) mass is 358 g/mol. The van der Waals surface area contributed by atoms with Gasteiger partial charge in [-0.1, -0.05) is 43.2 Å². The third-order valence-electron chi connectivity index (χ3n) is 4.91. The van der Waals surface area contributed by atoms with E-state index in [1.807, 2.05) is 36.1 Å². The van der Waals surface area contributed by atoms with Crippen molar-refractivity contribution in [2.75, 3.05) is 13.1 Å². The number of carbonyl (C=O) groups is 3. The van der Waals surface area contributed by atoms with E-state index in [1.165, 1.54) is 0 Å². The van der Waals surface area contributed by atoms with Gasteiger partial charge in [-0.2, -0.15) is 0 Å². The fourth-order valence-corrected chi connectivity index (χ4v) is 3.17. The highest BCUT2D eigenvalue weighted by Crippen LogP contribution is 2.14. The van der Waals surface area contributed by atoms with Crippen LogP contribution in [0.5, 0.6) is 0 Å². The van der Waals surface area contributed by atoms with Crippen molar-refractivity contribution in [1.82, 2.24) is 10.2 Å². The molecule has 0 aromatic heterocycles. The number of benzene rings is 1. The van der Waals surface area contributed by atoms with Crippen LogP contribution in [0, 0.1) is 6.92 Å². The molecule has 1 heterocycles. The van der Waals surface area contributed by atoms with Gasteiger partial charge in [0.15, 0.2) is 5.78 Å². The van der Waals surface area contributed by atoms with E-state index in [9.17, 15) is 14.4 Å². The molecule has 26 heavy (non-hydrogen) atoms. The van der Waals surface area contributed by atoms with Crippen LogP contribution in [-0.2, 0) is 9.59 Å². The first-order valence-electron chi connectivity index (χ1n) is 9.66. The van der Waals surface area contributed by atoms with E-state index in [-0.39, 0.29) is 36.5 Å². The summed E-state index contributed by atoms with van der Waals surface area (Å²) in [5, 5.41) is 3.06. The molecule has 0 radical (unpaired) electrons. The smallest absolute Gasteiger partial charge is 0.223 e. The zero-order valence-electron chi connectivity index (χ0n) is 15.9. The molecular weight excluding hydrogens is 328 g/mol. The predicted molar refractivity (Wildman–Crippen MR) is 102 cm³/mol. The Morgan fingerprint density at radius 2 is 1.69 bits per heavy atom. The second kappa shape index (κ2) is 10.1. The molecule has 1 aromatic carbocycles. The molecule has 2 amide bonds. The molecule has 0 aliphatic carbocycles. The van der Waals surface area contributed by atoms with Gasteiger partial charge in [0, 0.05) is 44.0 Å². The molecule has 0 bridgehead atoms. The zero-order chi connectivity index (χ0) is 18.9. The van der Waals surface area contributed by atoms with Gasteiger partial charge in [0.1, 0.15) is 0 Å². The van der Waals surface area contributed by atoms with Crippen LogP contribution < -0.4 is 5.32 Å². The van der Waals surface area contributed by atoms with Gasteiger partial charge in [-0.15, -0.1) is 0 Å². The van der Waals surface area contributed by atoms with Gasteiger partial charge in [0.05, 0.1) is 0 Å². The van der Waals surface area contributed by atoms with Crippen molar-refractivity contribution in [2.24, 2.45) is 0 Å². The number of nitrogens with zero attached hydrogens (tertiary/aromatic N) is 1. The van der Waals surface area contributed by atoms with E-state index in [2.05, 4.69) is 12.2 Å². The van der Waals surface area contributed by atoms with Crippen LogP contribution in [0.4, 0.5) is 0 Å². The molecule has 0 atom stereocenters. The summed E-state index contributed by atoms with van der Waals surface area (Å²) in [7, 11) is 0. The van der Waals surface area contributed by atoms with Crippen LogP contribution in [0.2, 0.25) is 0 Å². The Hall–Kier alpha value is -2.17. The minimum absolute atomic E-state index is 0.0106. The summed E-state index contributed by atoms with van der Waals surface area (Å²) >= 11 is 0. The van der Waals surface area contributed by atoms with Gasteiger partial charge in [0.25, 0.3) is 0 Å². The van der Waals surface area contributed by atoms with E-state index in [4.69, 9.17) is 0 Å². The van der Waals surface area contributed by atoms with E-state index in [0.717, 1.165) is 31.2 Å². The number of unbranched alkanes of at least 4 members (excludes halogenated alkanes) is 1. The summed E-state index contributed by atoms with van der Waals surface area (Å²) in [4.78, 5) is 38.1. The lowest BCUT2D eigenvalue weighted by Crippen LogP contribution is -2.46. The van der Waals surface area contributed by atoms with E-state index in [0.29, 0.717) is 25.1 Å². The predicted octanol–water partition coefficient (Wildman–Crippen LogP) is 3.26. The maximum atomic E-state index is 12.3. The average Bonchev–Trinajstić information content (AvgIpc) is 2.65. The second-order valence-electron chi connectivity index (χ2n) is 7.12. The molecule has 1 aromatic rings. The molecule has 0 saturated carbocycles. The summed E-state index contributed by atoms with van der Waals surface area (Å²) in [6, 6.07) is 7.62. The van der Waals surface area contributed by atoms with Crippen molar-refractivity contribution in [3.8, 4) is 0 Å². The van der Waals surface area contributed by atoms with Crippen molar-refractivity contribution in [1.29, 1.82) is 0 Å². The first-order valence-corrected chi connectivity index (χ1v) is 9.66. The maximum Gasteiger partial charge on any atom is 0.223 e. The Morgan fingerprint density at radius 3 is 2.31 bits per heavy atom. The van der Waals surface area contributed by atoms with Crippen LogP contribution in [0.25, 0.3) is 0 Å². The molecule has 142 valence electrons. The Morgan fingerprint density at radius 1 is 1.04 bits per heavy atom. The number of hydrogen-bond acceptors (Lipinski definition) is 3. The summed E-state index contributed by atoms with van der Waals surface area (Å²) in [6.45, 7) is 5.35. The van der Waals surface area contributed by atoms with Gasteiger partial charge < -0.3 is 10.2 Å². The SMILES string of the molecule is CCCCC(=O)NC1CCN(C(=O)CCC(=O)c2ccc(C)cc2)CC1. The molecule has 0 spiro atoms. The number of ketones is 1. The third kappa shape index (κ3) is 6.28. The molecule has 2 rings (SSSR count). The van der Waals surface area contributed by atoms with Gasteiger partial charge in [-0.05, 0) is 26.2 Å². The lowest BCUT2D eigenvalue weighted by atomic mass is 10.0. The van der Waals surface area contributed by atoms with Crippen molar-refractivity contribution in [3.05, 3.63) is 35.4 Å². The number of Topliss-reactive ketones (excluding diaryl/α,β-unsaturated/α-hetero) is 1. The number of nitrogens with one attached hydrogen (secondary N) is 1. The van der Waals surface area contributed by atoms with Gasteiger partial charge in [0.2, 0.25) is 11.8 Å². The number of rotatable bonds is 8. The zero-order valence-corrected chi connectivity index (χ0v) is 15.9. The van der Waals surface area contributed by atoms with E-state index < -0.39 is 0 Å². The summed E-state index contributed by atoms with van der Waals surface area (Å²) in [6.07, 6.45) is 4.58. The molecular formula is C21H30N2O3. The lowest BCUT2D eigenvalue weighted by molar-refractivity contribution is -0.132. The Kier molecular flexibility index (Phi) is 7.82. The van der Waals surface area contributed by atoms with Gasteiger partial charge in [-0.3, -0.25) is 14.4 Å². The molecule has 5 nitrogen and oxygen atoms in total. The summed E-state index contributed by atoms with van der Waals surface area (Å²) in [5.41, 5.74) is 1.78. The third-order valence-corrected chi connectivity index (χ3v) is 4.91. The van der Waals surface area contributed by atoms with Crippen LogP contribution in [0.15, 0.2) is 24.3 Å². The molecule has 0 unspecified atom stereocenters. The van der Waals surface area contributed by atoms with E-state index >= 15 is 0 Å². The average molecular weight is 358 g/mol. The summed E-state index contributed by atoms with van der Waals surface area (Å²) in [5.74, 6) is 0.151. The van der Waals surface area contributed by atoms with Gasteiger partial charge >= 0.3 is 0 Å². The standard InChI is InChI=1S/C21H30N2O3/c1-3-4-5-20(25)22-18-12-14-23(15-13-18)21(26)11-10-19(24)17-8-6-16(2)7-9-17/h6-9,18H,3-5,10-15H2,1-2H3,(H,22,25). The summed E-state index contributed by atoms with van der Waals surface area (Å²) < 4.78 is 0. The number of carbonyl (C=O) groups excluding carboxylic acids is 3. The Balaban J connectivity index is 1.70. The number of hydrogen-bond donors (Lipinski definition) is 1. The second-order valence-corrected chi connectivity index (χ2v) is 7.12. The van der Waals surface area contributed by atoms with Crippen LogP contribution >= 0.6 is 0 Å². The number of likely N-dealkylation sites (tertiary alicyclic amines) is 1. The number of piperidine rings is 1. The first-order chi connectivity index (χ1) is 12.5. The minimum atomic E-state index is 0.0106. The lowest BCUT2D eigenvalue weighted by Gasteiger charge is -2.32. The van der Waals surface area contributed by atoms with E-state index in [1.54, 1.807) is 0 Å². The fourth-order valence-electron chi connectivity index (χ4n) is 3.17. The molecule has 1 saturated heterocycles. The van der Waals surface area contributed by atoms with Gasteiger partial charge in [-0.25, -0.2) is 0 Å². The highest BCUT2D eigenvalue weighted by Gasteiger charge is 2.24. The molecule has 1 N–H and O–H groups in total. The Labute approximate surface area is 156 Å².